The molecule has 1 aromatic carbocycles. The Morgan fingerprint density at radius 3 is 2.60 bits per heavy atom. The average Bonchev–Trinajstić information content (AvgIpc) is 2.45. The van der Waals surface area contributed by atoms with E-state index in [4.69, 9.17) is 10.5 Å². The largest absolute Gasteiger partial charge is 0.484 e. The highest BCUT2D eigenvalue weighted by atomic mass is 16.5. The smallest absolute Gasteiger partial charge is 0.260 e. The van der Waals surface area contributed by atoms with Crippen LogP contribution in [-0.4, -0.2) is 54.5 Å². The molecule has 0 spiro atoms. The van der Waals surface area contributed by atoms with Crippen LogP contribution in [0.2, 0.25) is 0 Å². The minimum Gasteiger partial charge on any atom is -0.484 e. The van der Waals surface area contributed by atoms with Gasteiger partial charge in [0.05, 0.1) is 0 Å². The van der Waals surface area contributed by atoms with E-state index in [0.717, 1.165) is 26.2 Å². The zero-order chi connectivity index (χ0) is 14.5. The maximum absolute atomic E-state index is 12.1. The molecule has 1 aliphatic heterocycles. The third-order valence-electron chi connectivity index (χ3n) is 3.62. The summed E-state index contributed by atoms with van der Waals surface area (Å²) >= 11 is 0. The lowest BCUT2D eigenvalue weighted by Crippen LogP contribution is -2.51. The number of nitrogen functional groups attached to an aromatic ring is 1. The molecule has 5 heteroatoms. The summed E-state index contributed by atoms with van der Waals surface area (Å²) in [7, 11) is 0. The Morgan fingerprint density at radius 1 is 1.30 bits per heavy atom. The molecule has 0 radical (unpaired) electrons. The molecule has 0 bridgehead atoms. The molecule has 110 valence electrons. The van der Waals surface area contributed by atoms with Crippen LogP contribution in [0.25, 0.3) is 0 Å². The summed E-state index contributed by atoms with van der Waals surface area (Å²) in [6, 6.07) is 7.68. The SMILES string of the molecule is CC(C)N1CCN(C(=O)COc2cccc(N)c2)CC1. The second kappa shape index (κ2) is 6.61. The van der Waals surface area contributed by atoms with Gasteiger partial charge in [0.2, 0.25) is 0 Å². The van der Waals surface area contributed by atoms with Gasteiger partial charge in [-0.3, -0.25) is 9.69 Å². The summed E-state index contributed by atoms with van der Waals surface area (Å²) in [6.07, 6.45) is 0. The Balaban J connectivity index is 1.78. The first-order valence-corrected chi connectivity index (χ1v) is 7.06. The van der Waals surface area contributed by atoms with Gasteiger partial charge in [-0.05, 0) is 26.0 Å². The molecule has 0 atom stereocenters. The number of anilines is 1. The molecule has 1 saturated heterocycles. The van der Waals surface area contributed by atoms with Crippen molar-refractivity contribution in [2.45, 2.75) is 19.9 Å². The van der Waals surface area contributed by atoms with Crippen LogP contribution >= 0.6 is 0 Å². The fourth-order valence-corrected chi connectivity index (χ4v) is 2.33. The van der Waals surface area contributed by atoms with Crippen molar-refractivity contribution in [1.29, 1.82) is 0 Å². The molecular formula is C15H23N3O2. The van der Waals surface area contributed by atoms with Crippen molar-refractivity contribution >= 4 is 11.6 Å². The van der Waals surface area contributed by atoms with Crippen LogP contribution in [0.4, 0.5) is 5.69 Å². The van der Waals surface area contributed by atoms with Gasteiger partial charge in [0.25, 0.3) is 5.91 Å². The molecule has 2 N–H and O–H groups in total. The highest BCUT2D eigenvalue weighted by Crippen LogP contribution is 2.14. The first-order chi connectivity index (χ1) is 9.56. The summed E-state index contributed by atoms with van der Waals surface area (Å²) in [5.74, 6) is 0.676. The summed E-state index contributed by atoms with van der Waals surface area (Å²) in [5.41, 5.74) is 6.31. The molecule has 1 heterocycles. The first-order valence-electron chi connectivity index (χ1n) is 7.06. The number of carbonyl (C=O) groups excluding carboxylic acids is 1. The quantitative estimate of drug-likeness (QED) is 0.840. The summed E-state index contributed by atoms with van der Waals surface area (Å²) in [6.45, 7) is 7.85. The van der Waals surface area contributed by atoms with Crippen molar-refractivity contribution in [2.24, 2.45) is 0 Å². The van der Waals surface area contributed by atoms with E-state index in [1.807, 2.05) is 11.0 Å². The Labute approximate surface area is 120 Å². The Bertz CT molecular complexity index is 454. The van der Waals surface area contributed by atoms with E-state index in [1.165, 1.54) is 0 Å². The number of hydrogen-bond donors (Lipinski definition) is 1. The third kappa shape index (κ3) is 3.87. The molecule has 5 nitrogen and oxygen atoms in total. The van der Waals surface area contributed by atoms with Gasteiger partial charge in [0, 0.05) is 44.0 Å². The van der Waals surface area contributed by atoms with Crippen LogP contribution in [-0.2, 0) is 4.79 Å². The van der Waals surface area contributed by atoms with Crippen molar-refractivity contribution in [2.75, 3.05) is 38.5 Å². The van der Waals surface area contributed by atoms with Crippen LogP contribution in [0.15, 0.2) is 24.3 Å². The Morgan fingerprint density at radius 2 is 2.00 bits per heavy atom. The number of nitrogens with zero attached hydrogens (tertiary/aromatic N) is 2. The van der Waals surface area contributed by atoms with E-state index >= 15 is 0 Å². The lowest BCUT2D eigenvalue weighted by molar-refractivity contribution is -0.135. The summed E-state index contributed by atoms with van der Waals surface area (Å²) in [4.78, 5) is 16.3. The zero-order valence-electron chi connectivity index (χ0n) is 12.2. The minimum atomic E-state index is 0.0378. The number of benzene rings is 1. The van der Waals surface area contributed by atoms with E-state index in [-0.39, 0.29) is 12.5 Å². The van der Waals surface area contributed by atoms with E-state index in [0.29, 0.717) is 17.5 Å². The first kappa shape index (κ1) is 14.7. The molecular weight excluding hydrogens is 254 g/mol. The van der Waals surface area contributed by atoms with Crippen molar-refractivity contribution < 1.29 is 9.53 Å². The molecule has 0 aromatic heterocycles. The monoisotopic (exact) mass is 277 g/mol. The van der Waals surface area contributed by atoms with Crippen LogP contribution in [0.1, 0.15) is 13.8 Å². The van der Waals surface area contributed by atoms with Gasteiger partial charge in [-0.1, -0.05) is 6.07 Å². The van der Waals surface area contributed by atoms with E-state index < -0.39 is 0 Å². The zero-order valence-corrected chi connectivity index (χ0v) is 12.2. The third-order valence-corrected chi connectivity index (χ3v) is 3.62. The van der Waals surface area contributed by atoms with E-state index in [9.17, 15) is 4.79 Å². The summed E-state index contributed by atoms with van der Waals surface area (Å²) in [5, 5.41) is 0. The van der Waals surface area contributed by atoms with E-state index in [1.54, 1.807) is 18.2 Å². The standard InChI is InChI=1S/C15H23N3O2/c1-12(2)17-6-8-18(9-7-17)15(19)11-20-14-5-3-4-13(16)10-14/h3-5,10,12H,6-9,11,16H2,1-2H3. The maximum atomic E-state index is 12.1. The van der Waals surface area contributed by atoms with Crippen LogP contribution in [0.3, 0.4) is 0 Å². The van der Waals surface area contributed by atoms with Gasteiger partial charge in [-0.2, -0.15) is 0 Å². The van der Waals surface area contributed by atoms with Crippen LogP contribution in [0.5, 0.6) is 5.75 Å². The maximum Gasteiger partial charge on any atom is 0.260 e. The van der Waals surface area contributed by atoms with Gasteiger partial charge in [0.1, 0.15) is 5.75 Å². The van der Waals surface area contributed by atoms with E-state index in [2.05, 4.69) is 18.7 Å². The Kier molecular flexibility index (Phi) is 4.84. The normalized spacial score (nSPS) is 16.4. The molecule has 20 heavy (non-hydrogen) atoms. The molecule has 0 saturated carbocycles. The number of rotatable bonds is 4. The molecule has 1 aromatic rings. The lowest BCUT2D eigenvalue weighted by Gasteiger charge is -2.36. The number of nitrogens with two attached hydrogens (primary N) is 1. The molecule has 1 amide bonds. The molecule has 1 aliphatic rings. The lowest BCUT2D eigenvalue weighted by atomic mass is 10.2. The van der Waals surface area contributed by atoms with Crippen molar-refractivity contribution in [3.05, 3.63) is 24.3 Å². The van der Waals surface area contributed by atoms with Crippen molar-refractivity contribution in [3.8, 4) is 5.75 Å². The van der Waals surface area contributed by atoms with Gasteiger partial charge >= 0.3 is 0 Å². The fraction of sp³-hybridized carbons (Fsp3) is 0.533. The Hall–Kier alpha value is -1.75. The number of carbonyl (C=O) groups is 1. The topological polar surface area (TPSA) is 58.8 Å². The minimum absolute atomic E-state index is 0.0378. The van der Waals surface area contributed by atoms with Crippen LogP contribution in [0, 0.1) is 0 Å². The molecule has 0 unspecified atom stereocenters. The van der Waals surface area contributed by atoms with Gasteiger partial charge < -0.3 is 15.4 Å². The predicted molar refractivity (Wildman–Crippen MR) is 79.6 cm³/mol. The predicted octanol–water partition coefficient (Wildman–Crippen LogP) is 1.20. The average molecular weight is 277 g/mol. The van der Waals surface area contributed by atoms with Crippen molar-refractivity contribution in [3.63, 3.8) is 0 Å². The number of hydrogen-bond acceptors (Lipinski definition) is 4. The van der Waals surface area contributed by atoms with Gasteiger partial charge in [-0.25, -0.2) is 0 Å². The highest BCUT2D eigenvalue weighted by Gasteiger charge is 2.22. The number of piperazine rings is 1. The van der Waals surface area contributed by atoms with Crippen LogP contribution < -0.4 is 10.5 Å². The second-order valence-electron chi connectivity index (χ2n) is 5.37. The fourth-order valence-electron chi connectivity index (χ4n) is 2.33. The number of amides is 1. The van der Waals surface area contributed by atoms with Crippen molar-refractivity contribution in [1.82, 2.24) is 9.80 Å². The highest BCUT2D eigenvalue weighted by molar-refractivity contribution is 5.78. The number of ether oxygens (including phenoxy) is 1. The van der Waals surface area contributed by atoms with Gasteiger partial charge in [0.15, 0.2) is 6.61 Å². The molecule has 1 fully saturated rings. The van der Waals surface area contributed by atoms with Gasteiger partial charge in [-0.15, -0.1) is 0 Å². The second-order valence-corrected chi connectivity index (χ2v) is 5.37. The summed E-state index contributed by atoms with van der Waals surface area (Å²) < 4.78 is 5.49. The molecule has 2 rings (SSSR count). The molecule has 0 aliphatic carbocycles.